The van der Waals surface area contributed by atoms with Crippen molar-refractivity contribution in [1.82, 2.24) is 19.7 Å². The van der Waals surface area contributed by atoms with Crippen LogP contribution in [0.1, 0.15) is 23.2 Å². The minimum atomic E-state index is -0.207. The first kappa shape index (κ1) is 14.6. The summed E-state index contributed by atoms with van der Waals surface area (Å²) in [7, 11) is 1.84. The lowest BCUT2D eigenvalue weighted by atomic mass is 10.2. The van der Waals surface area contributed by atoms with Crippen molar-refractivity contribution in [2.24, 2.45) is 7.05 Å². The molecule has 3 aromatic heterocycles. The van der Waals surface area contributed by atoms with Crippen molar-refractivity contribution in [3.8, 4) is 0 Å². The van der Waals surface area contributed by atoms with E-state index in [1.165, 1.54) is 12.8 Å². The molecule has 1 fully saturated rings. The molecule has 0 spiro atoms. The monoisotopic (exact) mass is 322 g/mol. The van der Waals surface area contributed by atoms with Crippen LogP contribution in [0.5, 0.6) is 0 Å². The molecule has 4 heterocycles. The van der Waals surface area contributed by atoms with E-state index < -0.39 is 0 Å². The minimum absolute atomic E-state index is 0.207. The van der Waals surface area contributed by atoms with Crippen LogP contribution >= 0.6 is 0 Å². The Bertz CT molecular complexity index is 883. The Morgan fingerprint density at radius 1 is 1.12 bits per heavy atom. The summed E-state index contributed by atoms with van der Waals surface area (Å²) in [6, 6.07) is 7.32. The van der Waals surface area contributed by atoms with Crippen molar-refractivity contribution in [3.05, 3.63) is 42.2 Å². The highest BCUT2D eigenvalue weighted by Gasteiger charge is 2.18. The SMILES string of the molecule is Cn1nc(NC(=O)c2ccncc2)c2ccc(N3CCCC3)nc21. The van der Waals surface area contributed by atoms with E-state index in [0.29, 0.717) is 11.4 Å². The van der Waals surface area contributed by atoms with Gasteiger partial charge in [0, 0.05) is 38.1 Å². The molecule has 0 aromatic carbocycles. The summed E-state index contributed by atoms with van der Waals surface area (Å²) >= 11 is 0. The molecule has 7 nitrogen and oxygen atoms in total. The molecule has 1 aliphatic heterocycles. The second-order valence-electron chi connectivity index (χ2n) is 5.90. The normalized spacial score (nSPS) is 14.3. The lowest BCUT2D eigenvalue weighted by Crippen LogP contribution is -2.18. The first-order chi connectivity index (χ1) is 11.7. The highest BCUT2D eigenvalue weighted by Crippen LogP contribution is 2.26. The number of nitrogens with one attached hydrogen (secondary N) is 1. The van der Waals surface area contributed by atoms with Gasteiger partial charge in [-0.05, 0) is 37.1 Å². The number of carbonyl (C=O) groups is 1. The number of hydrogen-bond acceptors (Lipinski definition) is 5. The average Bonchev–Trinajstić information content (AvgIpc) is 3.25. The van der Waals surface area contributed by atoms with Gasteiger partial charge in [-0.3, -0.25) is 9.78 Å². The number of aromatic nitrogens is 4. The predicted molar refractivity (Wildman–Crippen MR) is 92.1 cm³/mol. The molecule has 0 aliphatic carbocycles. The van der Waals surface area contributed by atoms with Crippen LogP contribution in [0.3, 0.4) is 0 Å². The maximum absolute atomic E-state index is 12.3. The second-order valence-corrected chi connectivity index (χ2v) is 5.90. The number of nitrogens with zero attached hydrogens (tertiary/aromatic N) is 5. The Kier molecular flexibility index (Phi) is 3.60. The average molecular weight is 322 g/mol. The summed E-state index contributed by atoms with van der Waals surface area (Å²) in [5.41, 5.74) is 1.31. The summed E-state index contributed by atoms with van der Waals surface area (Å²) < 4.78 is 1.71. The molecule has 0 radical (unpaired) electrons. The van der Waals surface area contributed by atoms with Gasteiger partial charge in [0.1, 0.15) is 5.82 Å². The fourth-order valence-corrected chi connectivity index (χ4v) is 3.02. The lowest BCUT2D eigenvalue weighted by molar-refractivity contribution is 0.102. The topological polar surface area (TPSA) is 75.9 Å². The van der Waals surface area contributed by atoms with E-state index in [1.54, 1.807) is 29.2 Å². The van der Waals surface area contributed by atoms with Crippen LogP contribution in [0.4, 0.5) is 11.6 Å². The van der Waals surface area contributed by atoms with Crippen molar-refractivity contribution >= 4 is 28.6 Å². The van der Waals surface area contributed by atoms with Crippen molar-refractivity contribution < 1.29 is 4.79 Å². The fraction of sp³-hybridized carbons (Fsp3) is 0.294. The first-order valence-corrected chi connectivity index (χ1v) is 8.02. The molecule has 1 amide bonds. The van der Waals surface area contributed by atoms with Crippen molar-refractivity contribution in [3.63, 3.8) is 0 Å². The summed E-state index contributed by atoms with van der Waals surface area (Å²) in [6.45, 7) is 2.09. The summed E-state index contributed by atoms with van der Waals surface area (Å²) in [4.78, 5) is 23.3. The number of rotatable bonds is 3. The zero-order chi connectivity index (χ0) is 16.5. The van der Waals surface area contributed by atoms with Crippen LogP contribution < -0.4 is 10.2 Å². The third kappa shape index (κ3) is 2.58. The van der Waals surface area contributed by atoms with Crippen molar-refractivity contribution in [1.29, 1.82) is 0 Å². The van der Waals surface area contributed by atoms with E-state index in [-0.39, 0.29) is 5.91 Å². The van der Waals surface area contributed by atoms with Crippen LogP contribution in [0.15, 0.2) is 36.7 Å². The van der Waals surface area contributed by atoms with Gasteiger partial charge in [0.05, 0.1) is 5.39 Å². The van der Waals surface area contributed by atoms with E-state index in [2.05, 4.69) is 20.3 Å². The van der Waals surface area contributed by atoms with Crippen LogP contribution in [0.2, 0.25) is 0 Å². The number of pyridine rings is 2. The van der Waals surface area contributed by atoms with E-state index in [0.717, 1.165) is 29.9 Å². The summed E-state index contributed by atoms with van der Waals surface area (Å²) in [5, 5.41) is 8.11. The number of fused-ring (bicyclic) bond motifs is 1. The third-order valence-electron chi connectivity index (χ3n) is 4.28. The van der Waals surface area contributed by atoms with Crippen LogP contribution in [0.25, 0.3) is 11.0 Å². The third-order valence-corrected chi connectivity index (χ3v) is 4.28. The van der Waals surface area contributed by atoms with E-state index in [9.17, 15) is 4.79 Å². The Labute approximate surface area is 139 Å². The molecule has 3 aromatic rings. The predicted octanol–water partition coefficient (Wildman–Crippen LogP) is 2.22. The van der Waals surface area contributed by atoms with Gasteiger partial charge in [0.25, 0.3) is 5.91 Å². The zero-order valence-electron chi connectivity index (χ0n) is 13.4. The second kappa shape index (κ2) is 5.92. The maximum atomic E-state index is 12.3. The first-order valence-electron chi connectivity index (χ1n) is 8.02. The minimum Gasteiger partial charge on any atom is -0.357 e. The van der Waals surface area contributed by atoms with E-state index in [1.807, 2.05) is 19.2 Å². The van der Waals surface area contributed by atoms with Gasteiger partial charge in [0.15, 0.2) is 11.5 Å². The Morgan fingerprint density at radius 3 is 2.62 bits per heavy atom. The Balaban J connectivity index is 1.65. The van der Waals surface area contributed by atoms with Crippen LogP contribution in [-0.4, -0.2) is 38.7 Å². The van der Waals surface area contributed by atoms with Gasteiger partial charge >= 0.3 is 0 Å². The van der Waals surface area contributed by atoms with Gasteiger partial charge < -0.3 is 10.2 Å². The van der Waals surface area contributed by atoms with Gasteiger partial charge in [0.2, 0.25) is 0 Å². The molecule has 0 unspecified atom stereocenters. The number of anilines is 2. The molecular formula is C17H18N6O. The molecule has 7 heteroatoms. The zero-order valence-corrected chi connectivity index (χ0v) is 13.4. The van der Waals surface area contributed by atoms with Gasteiger partial charge in [-0.15, -0.1) is 0 Å². The van der Waals surface area contributed by atoms with Gasteiger partial charge in [-0.1, -0.05) is 0 Å². The fourth-order valence-electron chi connectivity index (χ4n) is 3.02. The molecule has 24 heavy (non-hydrogen) atoms. The molecule has 1 N–H and O–H groups in total. The highest BCUT2D eigenvalue weighted by molar-refractivity contribution is 6.07. The van der Waals surface area contributed by atoms with Crippen molar-refractivity contribution in [2.75, 3.05) is 23.3 Å². The summed E-state index contributed by atoms with van der Waals surface area (Å²) in [5.74, 6) is 1.28. The van der Waals surface area contributed by atoms with E-state index in [4.69, 9.17) is 4.98 Å². The van der Waals surface area contributed by atoms with Crippen LogP contribution in [-0.2, 0) is 7.05 Å². The molecular weight excluding hydrogens is 304 g/mol. The summed E-state index contributed by atoms with van der Waals surface area (Å²) in [6.07, 6.45) is 5.60. The van der Waals surface area contributed by atoms with Gasteiger partial charge in [-0.2, -0.15) is 5.10 Å². The number of hydrogen-bond donors (Lipinski definition) is 1. The van der Waals surface area contributed by atoms with Crippen LogP contribution in [0, 0.1) is 0 Å². The Morgan fingerprint density at radius 2 is 1.88 bits per heavy atom. The number of amides is 1. The molecule has 122 valence electrons. The largest absolute Gasteiger partial charge is 0.357 e. The molecule has 0 bridgehead atoms. The lowest BCUT2D eigenvalue weighted by Gasteiger charge is -2.15. The molecule has 1 aliphatic rings. The smallest absolute Gasteiger partial charge is 0.256 e. The number of carbonyl (C=O) groups excluding carboxylic acids is 1. The molecule has 1 saturated heterocycles. The highest BCUT2D eigenvalue weighted by atomic mass is 16.1. The molecule has 0 atom stereocenters. The molecule has 4 rings (SSSR count). The standard InChI is InChI=1S/C17H18N6O/c1-22-16-13(4-5-14(19-16)23-10-2-3-11-23)15(21-22)20-17(24)12-6-8-18-9-7-12/h4-9H,2-3,10-11H2,1H3,(H,20,21,24). The Hall–Kier alpha value is -2.96. The van der Waals surface area contributed by atoms with Crippen molar-refractivity contribution in [2.45, 2.75) is 12.8 Å². The molecule has 0 saturated carbocycles. The quantitative estimate of drug-likeness (QED) is 0.800. The number of aryl methyl sites for hydroxylation is 1. The maximum Gasteiger partial charge on any atom is 0.256 e. The van der Waals surface area contributed by atoms with Gasteiger partial charge in [-0.25, -0.2) is 9.67 Å². The van der Waals surface area contributed by atoms with E-state index >= 15 is 0 Å².